The van der Waals surface area contributed by atoms with Gasteiger partial charge in [-0.05, 0) is 32.2 Å². The van der Waals surface area contributed by atoms with E-state index in [-0.39, 0.29) is 18.1 Å². The average molecular weight is 185 g/mol. The van der Waals surface area contributed by atoms with E-state index >= 15 is 0 Å². The topological polar surface area (TPSA) is 38.3 Å². The van der Waals surface area contributed by atoms with Crippen LogP contribution in [0.5, 0.6) is 0 Å². The molecule has 1 atom stereocenters. The second-order valence-corrected chi connectivity index (χ2v) is 3.52. The quantitative estimate of drug-likeness (QED) is 0.674. The lowest BCUT2D eigenvalue weighted by Crippen LogP contribution is -2.34. The summed E-state index contributed by atoms with van der Waals surface area (Å²) in [4.78, 5) is 11.5. The van der Waals surface area contributed by atoms with Crippen molar-refractivity contribution in [2.75, 3.05) is 6.54 Å². The van der Waals surface area contributed by atoms with Gasteiger partial charge in [0.05, 0.1) is 0 Å². The minimum Gasteiger partial charge on any atom is -0.461 e. The number of hydrogen-bond donors (Lipinski definition) is 1. The lowest BCUT2D eigenvalue weighted by molar-refractivity contribution is -0.151. The SMILES string of the molecule is CCC(CC)OC(=O)C1CCCN1. The summed E-state index contributed by atoms with van der Waals surface area (Å²) in [6.07, 6.45) is 3.95. The maximum Gasteiger partial charge on any atom is 0.323 e. The van der Waals surface area contributed by atoms with E-state index < -0.39 is 0 Å². The molecule has 0 amide bonds. The van der Waals surface area contributed by atoms with E-state index in [1.54, 1.807) is 0 Å². The van der Waals surface area contributed by atoms with Gasteiger partial charge in [0.15, 0.2) is 0 Å². The third-order valence-corrected chi connectivity index (χ3v) is 2.54. The van der Waals surface area contributed by atoms with Crippen LogP contribution in [0, 0.1) is 0 Å². The Morgan fingerprint density at radius 3 is 2.69 bits per heavy atom. The number of ether oxygens (including phenoxy) is 1. The van der Waals surface area contributed by atoms with Crippen LogP contribution in [-0.2, 0) is 9.53 Å². The monoisotopic (exact) mass is 185 g/mol. The van der Waals surface area contributed by atoms with E-state index in [9.17, 15) is 4.79 Å². The Kier molecular flexibility index (Phi) is 4.22. The van der Waals surface area contributed by atoms with Crippen LogP contribution in [0.3, 0.4) is 0 Å². The Hall–Kier alpha value is -0.570. The van der Waals surface area contributed by atoms with Crippen molar-refractivity contribution in [1.82, 2.24) is 5.32 Å². The second-order valence-electron chi connectivity index (χ2n) is 3.52. The number of nitrogens with one attached hydrogen (secondary N) is 1. The molecule has 0 radical (unpaired) electrons. The third-order valence-electron chi connectivity index (χ3n) is 2.54. The highest BCUT2D eigenvalue weighted by atomic mass is 16.5. The summed E-state index contributed by atoms with van der Waals surface area (Å²) in [5.74, 6) is -0.0637. The Labute approximate surface area is 79.8 Å². The lowest BCUT2D eigenvalue weighted by atomic mass is 10.2. The van der Waals surface area contributed by atoms with Gasteiger partial charge in [0, 0.05) is 0 Å². The van der Waals surface area contributed by atoms with Gasteiger partial charge >= 0.3 is 5.97 Å². The van der Waals surface area contributed by atoms with Gasteiger partial charge in [-0.2, -0.15) is 0 Å². The van der Waals surface area contributed by atoms with Crippen molar-refractivity contribution in [1.29, 1.82) is 0 Å². The fourth-order valence-electron chi connectivity index (χ4n) is 1.59. The number of carbonyl (C=O) groups is 1. The highest BCUT2D eigenvalue weighted by Gasteiger charge is 2.24. The van der Waals surface area contributed by atoms with Crippen molar-refractivity contribution in [3.8, 4) is 0 Å². The molecule has 1 saturated heterocycles. The van der Waals surface area contributed by atoms with Crippen LogP contribution in [0.1, 0.15) is 39.5 Å². The molecule has 0 aromatic rings. The van der Waals surface area contributed by atoms with Crippen LogP contribution in [0.25, 0.3) is 0 Å². The van der Waals surface area contributed by atoms with E-state index in [1.165, 1.54) is 0 Å². The molecule has 76 valence electrons. The fraction of sp³-hybridized carbons (Fsp3) is 0.900. The van der Waals surface area contributed by atoms with E-state index in [0.29, 0.717) is 0 Å². The molecule has 3 heteroatoms. The molecule has 3 nitrogen and oxygen atoms in total. The van der Waals surface area contributed by atoms with Crippen molar-refractivity contribution in [2.24, 2.45) is 0 Å². The summed E-state index contributed by atoms with van der Waals surface area (Å²) in [7, 11) is 0. The normalized spacial score (nSPS) is 22.2. The largest absolute Gasteiger partial charge is 0.461 e. The van der Waals surface area contributed by atoms with Crippen molar-refractivity contribution >= 4 is 5.97 Å². The molecule has 1 rings (SSSR count). The Bertz CT molecular complexity index is 160. The molecule has 0 aliphatic carbocycles. The highest BCUT2D eigenvalue weighted by molar-refractivity contribution is 5.76. The molecule has 1 aliphatic rings. The van der Waals surface area contributed by atoms with E-state index in [4.69, 9.17) is 4.74 Å². The van der Waals surface area contributed by atoms with Gasteiger partial charge in [0.2, 0.25) is 0 Å². The van der Waals surface area contributed by atoms with Crippen LogP contribution in [-0.4, -0.2) is 24.7 Å². The molecule has 1 N–H and O–H groups in total. The minimum absolute atomic E-state index is 0.0411. The first-order valence-electron chi connectivity index (χ1n) is 5.21. The molecular weight excluding hydrogens is 166 g/mol. The summed E-state index contributed by atoms with van der Waals surface area (Å²) in [6.45, 7) is 5.04. The van der Waals surface area contributed by atoms with Crippen molar-refractivity contribution in [3.63, 3.8) is 0 Å². The predicted octanol–water partition coefficient (Wildman–Crippen LogP) is 1.47. The third kappa shape index (κ3) is 2.99. The van der Waals surface area contributed by atoms with Crippen LogP contribution in [0.4, 0.5) is 0 Å². The van der Waals surface area contributed by atoms with Crippen LogP contribution >= 0.6 is 0 Å². The van der Waals surface area contributed by atoms with Gasteiger partial charge in [0.1, 0.15) is 12.1 Å². The smallest absolute Gasteiger partial charge is 0.323 e. The van der Waals surface area contributed by atoms with Crippen molar-refractivity contribution in [3.05, 3.63) is 0 Å². The molecule has 1 heterocycles. The summed E-state index contributed by atoms with van der Waals surface area (Å²) in [5.41, 5.74) is 0. The predicted molar refractivity (Wildman–Crippen MR) is 51.5 cm³/mol. The summed E-state index contributed by atoms with van der Waals surface area (Å²) < 4.78 is 5.33. The standard InChI is InChI=1S/C10H19NO2/c1-3-8(4-2)13-10(12)9-6-5-7-11-9/h8-9,11H,3-7H2,1-2H3. The molecule has 1 aliphatic heterocycles. The molecule has 13 heavy (non-hydrogen) atoms. The molecule has 0 bridgehead atoms. The Morgan fingerprint density at radius 2 is 2.23 bits per heavy atom. The molecule has 0 spiro atoms. The molecule has 0 aromatic heterocycles. The molecule has 0 saturated carbocycles. The van der Waals surface area contributed by atoms with Crippen molar-refractivity contribution < 1.29 is 9.53 Å². The van der Waals surface area contributed by atoms with Crippen LogP contribution in [0.15, 0.2) is 0 Å². The van der Waals surface area contributed by atoms with E-state index in [0.717, 1.165) is 32.2 Å². The first kappa shape index (κ1) is 10.5. The average Bonchev–Trinajstić information content (AvgIpc) is 2.66. The number of carbonyl (C=O) groups excluding carboxylic acids is 1. The number of rotatable bonds is 4. The van der Waals surface area contributed by atoms with Gasteiger partial charge in [0.25, 0.3) is 0 Å². The van der Waals surface area contributed by atoms with Gasteiger partial charge in [-0.1, -0.05) is 13.8 Å². The zero-order valence-electron chi connectivity index (χ0n) is 8.51. The van der Waals surface area contributed by atoms with Gasteiger partial charge in [-0.15, -0.1) is 0 Å². The minimum atomic E-state index is -0.0637. The maximum atomic E-state index is 11.5. The van der Waals surface area contributed by atoms with Crippen LogP contribution < -0.4 is 5.32 Å². The van der Waals surface area contributed by atoms with Gasteiger partial charge in [-0.25, -0.2) is 0 Å². The summed E-state index contributed by atoms with van der Waals surface area (Å²) >= 11 is 0. The lowest BCUT2D eigenvalue weighted by Gasteiger charge is -2.17. The Balaban J connectivity index is 2.30. The summed E-state index contributed by atoms with van der Waals surface area (Å²) in [6, 6.07) is -0.0411. The Morgan fingerprint density at radius 1 is 1.54 bits per heavy atom. The maximum absolute atomic E-state index is 11.5. The first-order valence-corrected chi connectivity index (χ1v) is 5.21. The highest BCUT2D eigenvalue weighted by Crippen LogP contribution is 2.10. The van der Waals surface area contributed by atoms with Gasteiger partial charge in [-0.3, -0.25) is 4.79 Å². The van der Waals surface area contributed by atoms with Gasteiger partial charge < -0.3 is 10.1 Å². The van der Waals surface area contributed by atoms with Crippen molar-refractivity contribution in [2.45, 2.75) is 51.7 Å². The molecule has 0 aromatic carbocycles. The fourth-order valence-corrected chi connectivity index (χ4v) is 1.59. The zero-order chi connectivity index (χ0) is 9.68. The second kappa shape index (κ2) is 5.22. The number of hydrogen-bond acceptors (Lipinski definition) is 3. The molecule has 1 unspecified atom stereocenters. The van der Waals surface area contributed by atoms with E-state index in [2.05, 4.69) is 5.32 Å². The van der Waals surface area contributed by atoms with E-state index in [1.807, 2.05) is 13.8 Å². The number of esters is 1. The summed E-state index contributed by atoms with van der Waals surface area (Å²) in [5, 5.41) is 3.14. The molecule has 1 fully saturated rings. The zero-order valence-corrected chi connectivity index (χ0v) is 8.51. The molecular formula is C10H19NO2. The van der Waals surface area contributed by atoms with Crippen LogP contribution in [0.2, 0.25) is 0 Å². The first-order chi connectivity index (χ1) is 6.27.